The quantitative estimate of drug-likeness (QED) is 0.619. The molecule has 0 spiro atoms. The second-order valence-corrected chi connectivity index (χ2v) is 4.93. The van der Waals surface area contributed by atoms with E-state index < -0.39 is 0 Å². The highest BCUT2D eigenvalue weighted by atomic mass is 15.3. The average Bonchev–Trinajstić information content (AvgIpc) is 2.90. The first-order valence-electron chi connectivity index (χ1n) is 6.95. The lowest BCUT2D eigenvalue weighted by Crippen LogP contribution is -2.37. The summed E-state index contributed by atoms with van der Waals surface area (Å²) in [5.41, 5.74) is 6.28. The van der Waals surface area contributed by atoms with Crippen molar-refractivity contribution >= 4 is 11.7 Å². The molecule has 5 heteroatoms. The maximum absolute atomic E-state index is 7.49. The van der Waals surface area contributed by atoms with Crippen LogP contribution in [0.4, 0.5) is 5.82 Å². The van der Waals surface area contributed by atoms with Gasteiger partial charge in [-0.1, -0.05) is 13.8 Å². The van der Waals surface area contributed by atoms with Gasteiger partial charge in [-0.3, -0.25) is 10.3 Å². The molecule has 2 rings (SSSR count). The Kier molecular flexibility index (Phi) is 4.37. The van der Waals surface area contributed by atoms with Gasteiger partial charge in [-0.25, -0.2) is 4.98 Å². The first kappa shape index (κ1) is 13.8. The van der Waals surface area contributed by atoms with Gasteiger partial charge in [0.15, 0.2) is 0 Å². The fraction of sp³-hybridized carbons (Fsp3) is 0.571. The van der Waals surface area contributed by atoms with Crippen LogP contribution in [0.15, 0.2) is 18.3 Å². The molecule has 0 radical (unpaired) electrons. The number of nitrogens with one attached hydrogen (secondary N) is 1. The molecule has 0 saturated carbocycles. The fourth-order valence-electron chi connectivity index (χ4n) is 2.75. The molecule has 1 unspecified atom stereocenters. The van der Waals surface area contributed by atoms with E-state index in [1.54, 1.807) is 12.3 Å². The Morgan fingerprint density at radius 1 is 1.53 bits per heavy atom. The van der Waals surface area contributed by atoms with Crippen LogP contribution in [0.25, 0.3) is 0 Å². The van der Waals surface area contributed by atoms with Crippen LogP contribution in [-0.2, 0) is 0 Å². The summed E-state index contributed by atoms with van der Waals surface area (Å²) in [5, 5.41) is 7.49. The van der Waals surface area contributed by atoms with E-state index >= 15 is 0 Å². The molecule has 0 aromatic carbocycles. The number of likely N-dealkylation sites (N-methyl/N-ethyl adjacent to an activating group) is 1. The molecule has 0 aliphatic carbocycles. The van der Waals surface area contributed by atoms with Gasteiger partial charge >= 0.3 is 0 Å². The van der Waals surface area contributed by atoms with Crippen molar-refractivity contribution in [2.75, 3.05) is 31.1 Å². The largest absolute Gasteiger partial charge is 0.384 e. The highest BCUT2D eigenvalue weighted by Crippen LogP contribution is 2.21. The Balaban J connectivity index is 2.08. The third-order valence-electron chi connectivity index (χ3n) is 3.87. The van der Waals surface area contributed by atoms with Crippen LogP contribution in [0, 0.1) is 5.41 Å². The van der Waals surface area contributed by atoms with E-state index in [0.29, 0.717) is 6.04 Å². The normalized spacial score (nSPS) is 19.1. The zero-order valence-electron chi connectivity index (χ0n) is 11.8. The maximum Gasteiger partial charge on any atom is 0.129 e. The number of pyridine rings is 1. The van der Waals surface area contributed by atoms with Gasteiger partial charge < -0.3 is 10.6 Å². The van der Waals surface area contributed by atoms with E-state index in [9.17, 15) is 0 Å². The Labute approximate surface area is 114 Å². The van der Waals surface area contributed by atoms with Crippen molar-refractivity contribution in [1.82, 2.24) is 9.88 Å². The number of nitrogen functional groups attached to an aromatic ring is 1. The van der Waals surface area contributed by atoms with Crippen molar-refractivity contribution in [1.29, 1.82) is 5.41 Å². The van der Waals surface area contributed by atoms with Crippen molar-refractivity contribution in [3.63, 3.8) is 0 Å². The molecule has 1 fully saturated rings. The second kappa shape index (κ2) is 6.02. The van der Waals surface area contributed by atoms with Crippen LogP contribution >= 0.6 is 0 Å². The molecular weight excluding hydrogens is 238 g/mol. The van der Waals surface area contributed by atoms with Crippen LogP contribution in [0.2, 0.25) is 0 Å². The minimum absolute atomic E-state index is 0.100. The number of hydrogen-bond donors (Lipinski definition) is 2. The van der Waals surface area contributed by atoms with E-state index in [0.717, 1.165) is 37.6 Å². The lowest BCUT2D eigenvalue weighted by atomic mass is 10.2. The molecule has 19 heavy (non-hydrogen) atoms. The number of hydrogen-bond acceptors (Lipinski definition) is 4. The van der Waals surface area contributed by atoms with Gasteiger partial charge in [-0.2, -0.15) is 0 Å². The molecule has 1 aliphatic heterocycles. The van der Waals surface area contributed by atoms with Gasteiger partial charge in [-0.15, -0.1) is 0 Å². The zero-order chi connectivity index (χ0) is 13.8. The summed E-state index contributed by atoms with van der Waals surface area (Å²) in [6.45, 7) is 8.64. The third-order valence-corrected chi connectivity index (χ3v) is 3.87. The van der Waals surface area contributed by atoms with Crippen LogP contribution in [0.5, 0.6) is 0 Å². The van der Waals surface area contributed by atoms with E-state index in [4.69, 9.17) is 11.1 Å². The van der Waals surface area contributed by atoms with E-state index in [1.165, 1.54) is 6.42 Å². The highest BCUT2D eigenvalue weighted by Gasteiger charge is 2.26. The number of amidine groups is 1. The molecule has 5 nitrogen and oxygen atoms in total. The number of anilines is 1. The molecule has 1 aromatic heterocycles. The summed E-state index contributed by atoms with van der Waals surface area (Å²) in [6.07, 6.45) is 2.91. The summed E-state index contributed by atoms with van der Waals surface area (Å²) in [6, 6.07) is 4.30. The predicted molar refractivity (Wildman–Crippen MR) is 78.8 cm³/mol. The van der Waals surface area contributed by atoms with Gasteiger partial charge in [0.2, 0.25) is 0 Å². The Morgan fingerprint density at radius 2 is 2.26 bits per heavy atom. The summed E-state index contributed by atoms with van der Waals surface area (Å²) in [5.74, 6) is 1.03. The van der Waals surface area contributed by atoms with Gasteiger partial charge in [-0.05, 0) is 31.6 Å². The minimum Gasteiger partial charge on any atom is -0.384 e. The molecule has 0 bridgehead atoms. The fourth-order valence-corrected chi connectivity index (χ4v) is 2.75. The standard InChI is InChI=1S/C14H23N5/c1-3-18(4-2)12-6-8-19(10-12)13-9-11(14(15)16)5-7-17-13/h5,7,9,12H,3-4,6,8,10H2,1-2H3,(H3,15,16). The van der Waals surface area contributed by atoms with Crippen LogP contribution < -0.4 is 10.6 Å². The highest BCUT2D eigenvalue weighted by molar-refractivity contribution is 5.95. The smallest absolute Gasteiger partial charge is 0.129 e. The lowest BCUT2D eigenvalue weighted by Gasteiger charge is -2.26. The Morgan fingerprint density at radius 3 is 2.89 bits per heavy atom. The van der Waals surface area contributed by atoms with Gasteiger partial charge in [0.05, 0.1) is 0 Å². The summed E-state index contributed by atoms with van der Waals surface area (Å²) in [4.78, 5) is 9.19. The maximum atomic E-state index is 7.49. The molecular formula is C14H23N5. The van der Waals surface area contributed by atoms with E-state index in [2.05, 4.69) is 28.6 Å². The minimum atomic E-state index is 0.100. The molecule has 104 valence electrons. The lowest BCUT2D eigenvalue weighted by molar-refractivity contribution is 0.232. The number of aromatic nitrogens is 1. The molecule has 3 N–H and O–H groups in total. The number of rotatable bonds is 5. The molecule has 1 saturated heterocycles. The Bertz CT molecular complexity index is 441. The van der Waals surface area contributed by atoms with Crippen molar-refractivity contribution in [2.24, 2.45) is 5.73 Å². The number of nitrogens with zero attached hydrogens (tertiary/aromatic N) is 3. The zero-order valence-corrected chi connectivity index (χ0v) is 11.8. The van der Waals surface area contributed by atoms with Crippen molar-refractivity contribution < 1.29 is 0 Å². The second-order valence-electron chi connectivity index (χ2n) is 4.93. The van der Waals surface area contributed by atoms with E-state index in [1.807, 2.05) is 6.07 Å². The van der Waals surface area contributed by atoms with Crippen LogP contribution in [0.3, 0.4) is 0 Å². The first-order chi connectivity index (χ1) is 9.15. The molecule has 1 atom stereocenters. The summed E-state index contributed by atoms with van der Waals surface area (Å²) in [7, 11) is 0. The first-order valence-corrected chi connectivity index (χ1v) is 6.95. The van der Waals surface area contributed by atoms with Crippen LogP contribution in [0.1, 0.15) is 25.8 Å². The number of nitrogens with two attached hydrogens (primary N) is 1. The average molecular weight is 261 g/mol. The van der Waals surface area contributed by atoms with E-state index in [-0.39, 0.29) is 5.84 Å². The van der Waals surface area contributed by atoms with Gasteiger partial charge in [0, 0.05) is 30.9 Å². The molecule has 1 aromatic rings. The molecule has 0 amide bonds. The predicted octanol–water partition coefficient (Wildman–Crippen LogP) is 1.29. The van der Waals surface area contributed by atoms with Crippen molar-refractivity contribution in [3.8, 4) is 0 Å². The SMILES string of the molecule is CCN(CC)C1CCN(c2cc(C(=N)N)ccn2)C1. The summed E-state index contributed by atoms with van der Waals surface area (Å²) < 4.78 is 0. The summed E-state index contributed by atoms with van der Waals surface area (Å²) >= 11 is 0. The molecule has 2 heterocycles. The van der Waals surface area contributed by atoms with Crippen molar-refractivity contribution in [2.45, 2.75) is 26.3 Å². The van der Waals surface area contributed by atoms with Crippen molar-refractivity contribution in [3.05, 3.63) is 23.9 Å². The topological polar surface area (TPSA) is 69.2 Å². The van der Waals surface area contributed by atoms with Crippen LogP contribution in [-0.4, -0.2) is 47.9 Å². The van der Waals surface area contributed by atoms with Gasteiger partial charge in [0.25, 0.3) is 0 Å². The van der Waals surface area contributed by atoms with Gasteiger partial charge in [0.1, 0.15) is 11.7 Å². The molecule has 1 aliphatic rings. The monoisotopic (exact) mass is 261 g/mol. The third kappa shape index (κ3) is 3.04. The Hall–Kier alpha value is -1.62.